The molecule has 6 heteroatoms. The van der Waals surface area contributed by atoms with Crippen LogP contribution >= 0.6 is 22.9 Å². The fourth-order valence-electron chi connectivity index (χ4n) is 1.65. The van der Waals surface area contributed by atoms with Crippen LogP contribution in [0, 0.1) is 0 Å². The molecule has 1 aromatic heterocycles. The molecule has 1 atom stereocenters. The van der Waals surface area contributed by atoms with Crippen LogP contribution < -0.4 is 4.72 Å². The van der Waals surface area contributed by atoms with Gasteiger partial charge in [-0.15, -0.1) is 11.3 Å². The fourth-order valence-corrected chi connectivity index (χ4v) is 4.31. The van der Waals surface area contributed by atoms with E-state index in [1.54, 1.807) is 6.07 Å². The molecule has 19 heavy (non-hydrogen) atoms. The molecule has 0 amide bonds. The second kappa shape index (κ2) is 6.05. The van der Waals surface area contributed by atoms with Crippen molar-refractivity contribution in [2.75, 3.05) is 6.54 Å². The van der Waals surface area contributed by atoms with E-state index in [0.29, 0.717) is 10.9 Å². The number of benzene rings is 1. The van der Waals surface area contributed by atoms with E-state index in [-0.39, 0.29) is 10.1 Å². The number of rotatable bonds is 5. The van der Waals surface area contributed by atoms with Crippen molar-refractivity contribution < 1.29 is 8.42 Å². The van der Waals surface area contributed by atoms with Gasteiger partial charge in [0.2, 0.25) is 10.0 Å². The van der Waals surface area contributed by atoms with E-state index in [9.17, 15) is 8.42 Å². The molecule has 2 aromatic rings. The third kappa shape index (κ3) is 3.79. The van der Waals surface area contributed by atoms with Crippen LogP contribution in [0.3, 0.4) is 0 Å². The Kier molecular flexibility index (Phi) is 4.62. The quantitative estimate of drug-likeness (QED) is 0.918. The summed E-state index contributed by atoms with van der Waals surface area (Å²) < 4.78 is 27.4. The molecule has 1 heterocycles. The number of sulfonamides is 1. The van der Waals surface area contributed by atoms with Gasteiger partial charge in [-0.05, 0) is 23.6 Å². The van der Waals surface area contributed by atoms with Gasteiger partial charge in [0.25, 0.3) is 0 Å². The van der Waals surface area contributed by atoms with Crippen LogP contribution in [-0.4, -0.2) is 15.0 Å². The standard InChI is InChI=1S/C13H14ClNO2S2/c1-10(11-5-3-2-4-6-11)9-15-19(16,17)13-8-7-12(14)18-13/h2-8,10,15H,9H2,1H3. The molecule has 1 unspecified atom stereocenters. The predicted molar refractivity (Wildman–Crippen MR) is 79.4 cm³/mol. The van der Waals surface area contributed by atoms with Crippen LogP contribution in [0.25, 0.3) is 0 Å². The Labute approximate surface area is 122 Å². The Morgan fingerprint density at radius 1 is 1.21 bits per heavy atom. The van der Waals surface area contributed by atoms with Crippen LogP contribution in [0.4, 0.5) is 0 Å². The van der Waals surface area contributed by atoms with Crippen molar-refractivity contribution in [3.8, 4) is 0 Å². The number of nitrogens with one attached hydrogen (secondary N) is 1. The Morgan fingerprint density at radius 2 is 1.89 bits per heavy atom. The zero-order valence-electron chi connectivity index (χ0n) is 10.3. The van der Waals surface area contributed by atoms with Crippen LogP contribution in [0.1, 0.15) is 18.4 Å². The highest BCUT2D eigenvalue weighted by atomic mass is 35.5. The van der Waals surface area contributed by atoms with Gasteiger partial charge in [-0.1, -0.05) is 48.9 Å². The average molecular weight is 316 g/mol. The summed E-state index contributed by atoms with van der Waals surface area (Å²) in [6.07, 6.45) is 0. The molecule has 0 bridgehead atoms. The summed E-state index contributed by atoms with van der Waals surface area (Å²) in [6, 6.07) is 12.9. The van der Waals surface area contributed by atoms with Crippen molar-refractivity contribution >= 4 is 33.0 Å². The maximum absolute atomic E-state index is 12.0. The van der Waals surface area contributed by atoms with Crippen LogP contribution in [0.2, 0.25) is 4.34 Å². The molecule has 0 aliphatic heterocycles. The van der Waals surface area contributed by atoms with E-state index in [1.807, 2.05) is 37.3 Å². The molecular weight excluding hydrogens is 302 g/mol. The lowest BCUT2D eigenvalue weighted by Gasteiger charge is -2.12. The topological polar surface area (TPSA) is 46.2 Å². The normalized spacial score (nSPS) is 13.4. The van der Waals surface area contributed by atoms with Gasteiger partial charge >= 0.3 is 0 Å². The molecule has 0 fully saturated rings. The highest BCUT2D eigenvalue weighted by Gasteiger charge is 2.17. The third-order valence-electron chi connectivity index (χ3n) is 2.76. The maximum atomic E-state index is 12.0. The average Bonchev–Trinajstić information content (AvgIpc) is 2.85. The van der Waals surface area contributed by atoms with Gasteiger partial charge < -0.3 is 0 Å². The van der Waals surface area contributed by atoms with E-state index in [0.717, 1.165) is 16.9 Å². The molecule has 102 valence electrons. The Balaban J connectivity index is 2.03. The van der Waals surface area contributed by atoms with Gasteiger partial charge in [-0.2, -0.15) is 0 Å². The summed E-state index contributed by atoms with van der Waals surface area (Å²) in [5.74, 6) is 0.117. The van der Waals surface area contributed by atoms with E-state index in [1.165, 1.54) is 6.07 Å². The maximum Gasteiger partial charge on any atom is 0.250 e. The molecule has 0 saturated carbocycles. The Hall–Kier alpha value is -0.880. The lowest BCUT2D eigenvalue weighted by Crippen LogP contribution is -2.27. The highest BCUT2D eigenvalue weighted by Crippen LogP contribution is 2.25. The second-order valence-electron chi connectivity index (χ2n) is 4.22. The molecule has 0 spiro atoms. The van der Waals surface area contributed by atoms with E-state index < -0.39 is 10.0 Å². The molecule has 1 aromatic carbocycles. The van der Waals surface area contributed by atoms with E-state index in [2.05, 4.69) is 4.72 Å². The first-order valence-electron chi connectivity index (χ1n) is 5.79. The van der Waals surface area contributed by atoms with Crippen molar-refractivity contribution in [2.24, 2.45) is 0 Å². The molecule has 2 rings (SSSR count). The molecule has 1 N–H and O–H groups in total. The first-order chi connectivity index (χ1) is 8.99. The molecular formula is C13H14ClNO2S2. The number of hydrogen-bond acceptors (Lipinski definition) is 3. The van der Waals surface area contributed by atoms with Crippen molar-refractivity contribution in [3.63, 3.8) is 0 Å². The number of halogens is 1. The zero-order valence-corrected chi connectivity index (χ0v) is 12.7. The van der Waals surface area contributed by atoms with Crippen LogP contribution in [0.15, 0.2) is 46.7 Å². The lowest BCUT2D eigenvalue weighted by atomic mass is 10.0. The summed E-state index contributed by atoms with van der Waals surface area (Å²) in [6.45, 7) is 2.35. The second-order valence-corrected chi connectivity index (χ2v) is 7.93. The molecule has 0 aliphatic carbocycles. The predicted octanol–water partition coefficient (Wildman–Crippen LogP) is 3.48. The van der Waals surface area contributed by atoms with Crippen molar-refractivity contribution in [3.05, 3.63) is 52.4 Å². The minimum absolute atomic E-state index is 0.117. The first-order valence-corrected chi connectivity index (χ1v) is 8.47. The molecule has 0 aliphatic rings. The minimum atomic E-state index is -3.46. The Bertz CT molecular complexity index is 638. The van der Waals surface area contributed by atoms with Gasteiger partial charge in [0.1, 0.15) is 4.21 Å². The largest absolute Gasteiger partial charge is 0.250 e. The monoisotopic (exact) mass is 315 g/mol. The minimum Gasteiger partial charge on any atom is -0.210 e. The van der Waals surface area contributed by atoms with Crippen LogP contribution in [0.5, 0.6) is 0 Å². The highest BCUT2D eigenvalue weighted by molar-refractivity contribution is 7.91. The number of thiophene rings is 1. The van der Waals surface area contributed by atoms with Crippen molar-refractivity contribution in [2.45, 2.75) is 17.1 Å². The summed E-state index contributed by atoms with van der Waals surface area (Å²) in [5.41, 5.74) is 1.11. The molecule has 0 saturated heterocycles. The summed E-state index contributed by atoms with van der Waals surface area (Å²) in [5, 5.41) is 0. The SMILES string of the molecule is CC(CNS(=O)(=O)c1ccc(Cl)s1)c1ccccc1. The van der Waals surface area contributed by atoms with E-state index in [4.69, 9.17) is 11.6 Å². The number of hydrogen-bond donors (Lipinski definition) is 1. The summed E-state index contributed by atoms with van der Waals surface area (Å²) in [7, 11) is -3.46. The third-order valence-corrected chi connectivity index (χ3v) is 5.91. The zero-order chi connectivity index (χ0) is 13.9. The first kappa shape index (κ1) is 14.5. The Morgan fingerprint density at radius 3 is 2.47 bits per heavy atom. The van der Waals surface area contributed by atoms with Gasteiger partial charge in [-0.3, -0.25) is 0 Å². The lowest BCUT2D eigenvalue weighted by molar-refractivity contribution is 0.577. The van der Waals surface area contributed by atoms with Crippen LogP contribution in [-0.2, 0) is 10.0 Å². The van der Waals surface area contributed by atoms with Gasteiger partial charge in [0, 0.05) is 6.54 Å². The smallest absolute Gasteiger partial charge is 0.210 e. The molecule has 0 radical (unpaired) electrons. The van der Waals surface area contributed by atoms with Crippen molar-refractivity contribution in [1.82, 2.24) is 4.72 Å². The van der Waals surface area contributed by atoms with Gasteiger partial charge in [0.15, 0.2) is 0 Å². The summed E-state index contributed by atoms with van der Waals surface area (Å²) >= 11 is 6.81. The molecule has 3 nitrogen and oxygen atoms in total. The van der Waals surface area contributed by atoms with Gasteiger partial charge in [-0.25, -0.2) is 13.1 Å². The van der Waals surface area contributed by atoms with Crippen molar-refractivity contribution in [1.29, 1.82) is 0 Å². The van der Waals surface area contributed by atoms with Gasteiger partial charge in [0.05, 0.1) is 4.34 Å². The van der Waals surface area contributed by atoms with E-state index >= 15 is 0 Å². The summed E-state index contributed by atoms with van der Waals surface area (Å²) in [4.78, 5) is 0. The fraction of sp³-hybridized carbons (Fsp3) is 0.231.